The average Bonchev–Trinajstić information content (AvgIpc) is 3.14. The topological polar surface area (TPSA) is 86.9 Å². The molecule has 0 amide bonds. The maximum Gasteiger partial charge on any atom is 0.338 e. The van der Waals surface area contributed by atoms with Crippen molar-refractivity contribution in [3.63, 3.8) is 0 Å². The Balaban J connectivity index is 2.10. The molecule has 0 fully saturated rings. The fourth-order valence-electron chi connectivity index (χ4n) is 2.57. The van der Waals surface area contributed by atoms with Crippen molar-refractivity contribution in [2.45, 2.75) is 33.4 Å². The number of ether oxygens (including phenoxy) is 1. The number of fused-ring (bicyclic) bond motifs is 1. The normalized spacial score (nSPS) is 17.1. The number of hydrogen-bond acceptors (Lipinski definition) is 6. The van der Waals surface area contributed by atoms with Crippen molar-refractivity contribution in [1.82, 2.24) is 24.5 Å². The van der Waals surface area contributed by atoms with E-state index in [9.17, 15) is 4.79 Å². The van der Waals surface area contributed by atoms with Crippen LogP contribution in [-0.2, 0) is 16.1 Å². The molecule has 0 bridgehead atoms. The number of aromatic nitrogens is 5. The average molecular weight is 302 g/mol. The summed E-state index contributed by atoms with van der Waals surface area (Å²) in [6.45, 7) is 6.71. The van der Waals surface area contributed by atoms with Crippen LogP contribution in [0.15, 0.2) is 30.0 Å². The number of allylic oxidation sites excluding steroid dienone is 1. The summed E-state index contributed by atoms with van der Waals surface area (Å²) in [6.07, 6.45) is 5.12. The van der Waals surface area contributed by atoms with Gasteiger partial charge < -0.3 is 10.1 Å². The van der Waals surface area contributed by atoms with Gasteiger partial charge in [0, 0.05) is 24.0 Å². The molecular formula is C14H18N6O2. The van der Waals surface area contributed by atoms with Gasteiger partial charge in [0.15, 0.2) is 0 Å². The van der Waals surface area contributed by atoms with Crippen molar-refractivity contribution in [3.8, 4) is 0 Å². The van der Waals surface area contributed by atoms with Crippen molar-refractivity contribution < 1.29 is 9.53 Å². The first-order valence-electron chi connectivity index (χ1n) is 7.22. The molecule has 1 aliphatic heterocycles. The second-order valence-corrected chi connectivity index (χ2v) is 4.94. The van der Waals surface area contributed by atoms with E-state index in [1.54, 1.807) is 17.8 Å². The zero-order chi connectivity index (χ0) is 15.7. The fraction of sp³-hybridized carbons (Fsp3) is 0.429. The monoisotopic (exact) mass is 302 g/mol. The molecule has 2 aromatic rings. The van der Waals surface area contributed by atoms with E-state index >= 15 is 0 Å². The van der Waals surface area contributed by atoms with Crippen molar-refractivity contribution in [3.05, 3.63) is 35.6 Å². The Morgan fingerprint density at radius 2 is 2.23 bits per heavy atom. The molecular weight excluding hydrogens is 284 g/mol. The highest BCUT2D eigenvalue weighted by Crippen LogP contribution is 2.34. The third kappa shape index (κ3) is 2.26. The smallest absolute Gasteiger partial charge is 0.338 e. The molecule has 1 atom stereocenters. The van der Waals surface area contributed by atoms with Crippen LogP contribution in [0.3, 0.4) is 0 Å². The first-order valence-corrected chi connectivity index (χ1v) is 7.22. The highest BCUT2D eigenvalue weighted by molar-refractivity contribution is 5.92. The standard InChI is InChI=1S/C14H18N6O2/c1-4-19-7-10(6-16-19)12-11(13(21)22-5-2)9(3)18-14-15-8-17-20(12)14/h6-8,12H,4-5H2,1-3H3,(H,15,17,18)/t12-/m1/s1. The maximum atomic E-state index is 12.4. The van der Waals surface area contributed by atoms with Crippen LogP contribution in [0.25, 0.3) is 0 Å². The number of rotatable bonds is 4. The van der Waals surface area contributed by atoms with Gasteiger partial charge in [0.05, 0.1) is 18.4 Å². The van der Waals surface area contributed by atoms with Crippen LogP contribution in [0.2, 0.25) is 0 Å². The molecule has 2 aromatic heterocycles. The Labute approximate surface area is 127 Å². The molecule has 0 aliphatic carbocycles. The van der Waals surface area contributed by atoms with Gasteiger partial charge in [-0.3, -0.25) is 4.68 Å². The molecule has 3 heterocycles. The van der Waals surface area contributed by atoms with Crippen molar-refractivity contribution in [1.29, 1.82) is 0 Å². The zero-order valence-corrected chi connectivity index (χ0v) is 12.8. The quantitative estimate of drug-likeness (QED) is 0.858. The van der Waals surface area contributed by atoms with Gasteiger partial charge in [0.2, 0.25) is 5.95 Å². The van der Waals surface area contributed by atoms with E-state index in [0.717, 1.165) is 12.1 Å². The number of anilines is 1. The van der Waals surface area contributed by atoms with Gasteiger partial charge in [-0.25, -0.2) is 9.48 Å². The van der Waals surface area contributed by atoms with Gasteiger partial charge in [-0.15, -0.1) is 0 Å². The summed E-state index contributed by atoms with van der Waals surface area (Å²) in [5.41, 5.74) is 2.11. The molecule has 0 saturated heterocycles. The lowest BCUT2D eigenvalue weighted by Gasteiger charge is -2.27. The minimum Gasteiger partial charge on any atom is -0.463 e. The van der Waals surface area contributed by atoms with Gasteiger partial charge in [0.25, 0.3) is 0 Å². The summed E-state index contributed by atoms with van der Waals surface area (Å²) in [5.74, 6) is 0.239. The minimum absolute atomic E-state index is 0.320. The second kappa shape index (κ2) is 5.63. The maximum absolute atomic E-state index is 12.4. The number of carbonyl (C=O) groups is 1. The van der Waals surface area contributed by atoms with Gasteiger partial charge in [-0.1, -0.05) is 0 Å². The van der Waals surface area contributed by atoms with E-state index in [-0.39, 0.29) is 5.97 Å². The SMILES string of the molecule is CCOC(=O)C1=C(C)Nc2ncnn2[C@@H]1c1cnn(CC)c1. The summed E-state index contributed by atoms with van der Waals surface area (Å²) in [4.78, 5) is 16.6. The van der Waals surface area contributed by atoms with Crippen LogP contribution in [0, 0.1) is 0 Å². The Morgan fingerprint density at radius 1 is 1.41 bits per heavy atom. The lowest BCUT2D eigenvalue weighted by Crippen LogP contribution is -2.29. The molecule has 1 N–H and O–H groups in total. The van der Waals surface area contributed by atoms with E-state index in [1.807, 2.05) is 24.7 Å². The molecule has 0 spiro atoms. The highest BCUT2D eigenvalue weighted by Gasteiger charge is 2.34. The summed E-state index contributed by atoms with van der Waals surface area (Å²) in [7, 11) is 0. The largest absolute Gasteiger partial charge is 0.463 e. The fourth-order valence-corrected chi connectivity index (χ4v) is 2.57. The Bertz CT molecular complexity index is 729. The summed E-state index contributed by atoms with van der Waals surface area (Å²) in [5, 5.41) is 11.6. The number of nitrogens with one attached hydrogen (secondary N) is 1. The zero-order valence-electron chi connectivity index (χ0n) is 12.8. The molecule has 0 unspecified atom stereocenters. The summed E-state index contributed by atoms with van der Waals surface area (Å²) < 4.78 is 8.69. The highest BCUT2D eigenvalue weighted by atomic mass is 16.5. The summed E-state index contributed by atoms with van der Waals surface area (Å²) in [6, 6.07) is -0.391. The minimum atomic E-state index is -0.391. The number of nitrogens with zero attached hydrogens (tertiary/aromatic N) is 5. The Morgan fingerprint density at radius 3 is 2.91 bits per heavy atom. The molecule has 3 rings (SSSR count). The lowest BCUT2D eigenvalue weighted by atomic mass is 9.98. The van der Waals surface area contributed by atoms with Gasteiger partial charge in [-0.2, -0.15) is 15.2 Å². The van der Waals surface area contributed by atoms with Gasteiger partial charge in [-0.05, 0) is 20.8 Å². The van der Waals surface area contributed by atoms with Crippen LogP contribution >= 0.6 is 0 Å². The molecule has 116 valence electrons. The number of carbonyl (C=O) groups excluding carboxylic acids is 1. The van der Waals surface area contributed by atoms with E-state index < -0.39 is 6.04 Å². The first-order chi connectivity index (χ1) is 10.7. The predicted octanol–water partition coefficient (Wildman–Crippen LogP) is 1.35. The Hall–Kier alpha value is -2.64. The molecule has 1 aliphatic rings. The van der Waals surface area contributed by atoms with Crippen LogP contribution in [-0.4, -0.2) is 37.1 Å². The molecule has 0 radical (unpaired) electrons. The third-order valence-corrected chi connectivity index (χ3v) is 3.58. The van der Waals surface area contributed by atoms with E-state index in [0.29, 0.717) is 23.8 Å². The predicted molar refractivity (Wildman–Crippen MR) is 79.0 cm³/mol. The molecule has 8 heteroatoms. The van der Waals surface area contributed by atoms with E-state index in [4.69, 9.17) is 4.74 Å². The van der Waals surface area contributed by atoms with Gasteiger partial charge >= 0.3 is 5.97 Å². The number of hydrogen-bond donors (Lipinski definition) is 1. The van der Waals surface area contributed by atoms with Crippen molar-refractivity contribution >= 4 is 11.9 Å². The first kappa shape index (κ1) is 14.3. The summed E-state index contributed by atoms with van der Waals surface area (Å²) >= 11 is 0. The van der Waals surface area contributed by atoms with Crippen LogP contribution in [0.4, 0.5) is 5.95 Å². The second-order valence-electron chi connectivity index (χ2n) is 4.94. The van der Waals surface area contributed by atoms with Crippen LogP contribution < -0.4 is 5.32 Å². The van der Waals surface area contributed by atoms with Crippen molar-refractivity contribution in [2.24, 2.45) is 0 Å². The Kier molecular flexibility index (Phi) is 3.66. The van der Waals surface area contributed by atoms with Crippen LogP contribution in [0.5, 0.6) is 0 Å². The third-order valence-electron chi connectivity index (χ3n) is 3.58. The number of aryl methyl sites for hydroxylation is 1. The lowest BCUT2D eigenvalue weighted by molar-refractivity contribution is -0.139. The van der Waals surface area contributed by atoms with Crippen LogP contribution in [0.1, 0.15) is 32.4 Å². The molecule has 8 nitrogen and oxygen atoms in total. The van der Waals surface area contributed by atoms with E-state index in [1.165, 1.54) is 6.33 Å². The molecule has 0 saturated carbocycles. The number of esters is 1. The molecule has 22 heavy (non-hydrogen) atoms. The molecule has 0 aromatic carbocycles. The van der Waals surface area contributed by atoms with Gasteiger partial charge in [0.1, 0.15) is 12.4 Å². The van der Waals surface area contributed by atoms with Crippen molar-refractivity contribution in [2.75, 3.05) is 11.9 Å². The van der Waals surface area contributed by atoms with E-state index in [2.05, 4.69) is 20.5 Å².